The van der Waals surface area contributed by atoms with E-state index in [-0.39, 0.29) is 16.3 Å². The first-order chi connectivity index (χ1) is 11.4. The van der Waals surface area contributed by atoms with Crippen LogP contribution in [0.5, 0.6) is 11.5 Å². The summed E-state index contributed by atoms with van der Waals surface area (Å²) in [5.41, 5.74) is 0.280. The zero-order chi connectivity index (χ0) is 17.9. The van der Waals surface area contributed by atoms with Gasteiger partial charge in [0.2, 0.25) is 0 Å². The summed E-state index contributed by atoms with van der Waals surface area (Å²) in [5.74, 6) is 0.382. The zero-order valence-corrected chi connectivity index (χ0v) is 15.0. The van der Waals surface area contributed by atoms with Gasteiger partial charge in [0, 0.05) is 24.3 Å². The van der Waals surface area contributed by atoms with Crippen LogP contribution in [-0.2, 0) is 0 Å². The minimum absolute atomic E-state index is 0.0234. The van der Waals surface area contributed by atoms with E-state index in [0.717, 1.165) is 6.07 Å². The van der Waals surface area contributed by atoms with E-state index in [4.69, 9.17) is 21.1 Å². The number of nitro benzene ring substituents is 1. The Bertz CT molecular complexity index is 813. The summed E-state index contributed by atoms with van der Waals surface area (Å²) in [5, 5.41) is 13.3. The number of nitro groups is 1. The van der Waals surface area contributed by atoms with Crippen molar-refractivity contribution in [2.45, 2.75) is 0 Å². The first-order valence-electron chi connectivity index (χ1n) is 6.54. The molecule has 0 fully saturated rings. The molecule has 9 heteroatoms. The maximum absolute atomic E-state index is 12.4. The third-order valence-electron chi connectivity index (χ3n) is 3.13. The number of hydrogen-bond donors (Lipinski definition) is 1. The summed E-state index contributed by atoms with van der Waals surface area (Å²) in [4.78, 5) is 22.5. The van der Waals surface area contributed by atoms with Crippen LogP contribution in [0.25, 0.3) is 0 Å². The van der Waals surface area contributed by atoms with Gasteiger partial charge >= 0.3 is 0 Å². The number of anilines is 1. The molecule has 2 rings (SSSR count). The Morgan fingerprint density at radius 2 is 1.88 bits per heavy atom. The van der Waals surface area contributed by atoms with Crippen LogP contribution in [0.1, 0.15) is 10.4 Å². The Morgan fingerprint density at radius 3 is 2.42 bits per heavy atom. The molecule has 0 aliphatic carbocycles. The fraction of sp³-hybridized carbons (Fsp3) is 0.133. The van der Waals surface area contributed by atoms with E-state index in [2.05, 4.69) is 21.2 Å². The van der Waals surface area contributed by atoms with Crippen LogP contribution >= 0.6 is 27.5 Å². The molecule has 0 unspecified atom stereocenters. The number of rotatable bonds is 5. The Kier molecular flexibility index (Phi) is 5.63. The molecule has 0 saturated heterocycles. The molecule has 126 valence electrons. The van der Waals surface area contributed by atoms with E-state index in [1.54, 1.807) is 12.1 Å². The average Bonchev–Trinajstić information content (AvgIpc) is 2.55. The molecule has 0 aromatic heterocycles. The quantitative estimate of drug-likeness (QED) is 0.581. The van der Waals surface area contributed by atoms with Crippen molar-refractivity contribution in [2.24, 2.45) is 0 Å². The normalized spacial score (nSPS) is 10.2. The Labute approximate surface area is 150 Å². The molecular weight excluding hydrogens is 404 g/mol. The maximum atomic E-state index is 12.4. The fourth-order valence-electron chi connectivity index (χ4n) is 1.95. The molecule has 0 heterocycles. The summed E-state index contributed by atoms with van der Waals surface area (Å²) in [6, 6.07) is 6.85. The molecule has 24 heavy (non-hydrogen) atoms. The molecule has 0 bridgehead atoms. The fourth-order valence-corrected chi connectivity index (χ4v) is 2.69. The van der Waals surface area contributed by atoms with Gasteiger partial charge in [-0.1, -0.05) is 11.6 Å². The number of amides is 1. The van der Waals surface area contributed by atoms with Crippen molar-refractivity contribution in [1.82, 2.24) is 0 Å². The van der Waals surface area contributed by atoms with E-state index in [0.29, 0.717) is 21.7 Å². The SMILES string of the molecule is COc1cc(NC(=O)c2ccc([N+](=O)[O-])cc2Cl)c(OC)cc1Br. The van der Waals surface area contributed by atoms with Crippen LogP contribution in [-0.4, -0.2) is 25.1 Å². The number of hydrogen-bond acceptors (Lipinski definition) is 5. The lowest BCUT2D eigenvalue weighted by atomic mass is 10.2. The number of benzene rings is 2. The Balaban J connectivity index is 2.34. The second-order valence-corrected chi connectivity index (χ2v) is 5.82. The first-order valence-corrected chi connectivity index (χ1v) is 7.71. The number of ether oxygens (including phenoxy) is 2. The van der Waals surface area contributed by atoms with E-state index in [9.17, 15) is 14.9 Å². The van der Waals surface area contributed by atoms with E-state index >= 15 is 0 Å². The van der Waals surface area contributed by atoms with Gasteiger partial charge in [-0.25, -0.2) is 0 Å². The third-order valence-corrected chi connectivity index (χ3v) is 4.06. The van der Waals surface area contributed by atoms with Crippen molar-refractivity contribution in [1.29, 1.82) is 0 Å². The van der Waals surface area contributed by atoms with E-state index in [1.165, 1.54) is 26.4 Å². The highest BCUT2D eigenvalue weighted by Crippen LogP contribution is 2.36. The van der Waals surface area contributed by atoms with Gasteiger partial charge in [-0.2, -0.15) is 0 Å². The molecule has 0 aliphatic heterocycles. The maximum Gasteiger partial charge on any atom is 0.270 e. The van der Waals surface area contributed by atoms with Crippen LogP contribution in [0.2, 0.25) is 5.02 Å². The predicted molar refractivity (Wildman–Crippen MR) is 93.3 cm³/mol. The summed E-state index contributed by atoms with van der Waals surface area (Å²) >= 11 is 9.29. The number of halogens is 2. The molecule has 2 aromatic rings. The van der Waals surface area contributed by atoms with Crippen molar-refractivity contribution >= 4 is 44.8 Å². The number of non-ortho nitro benzene ring substituents is 1. The lowest BCUT2D eigenvalue weighted by Gasteiger charge is -2.13. The van der Waals surface area contributed by atoms with Gasteiger partial charge < -0.3 is 14.8 Å². The molecular formula is C15H12BrClN2O5. The molecule has 0 saturated carbocycles. The van der Waals surface area contributed by atoms with Crippen molar-refractivity contribution in [3.63, 3.8) is 0 Å². The lowest BCUT2D eigenvalue weighted by Crippen LogP contribution is -2.13. The van der Waals surface area contributed by atoms with Crippen molar-refractivity contribution < 1.29 is 19.2 Å². The number of carbonyl (C=O) groups excluding carboxylic acids is 1. The highest BCUT2D eigenvalue weighted by Gasteiger charge is 2.17. The van der Waals surface area contributed by atoms with Gasteiger partial charge in [-0.3, -0.25) is 14.9 Å². The van der Waals surface area contributed by atoms with Crippen molar-refractivity contribution in [3.05, 3.63) is 55.5 Å². The highest BCUT2D eigenvalue weighted by molar-refractivity contribution is 9.10. The largest absolute Gasteiger partial charge is 0.495 e. The number of nitrogens with zero attached hydrogens (tertiary/aromatic N) is 1. The second-order valence-electron chi connectivity index (χ2n) is 4.56. The summed E-state index contributed by atoms with van der Waals surface area (Å²) in [6.45, 7) is 0. The topological polar surface area (TPSA) is 90.7 Å². The van der Waals surface area contributed by atoms with E-state index < -0.39 is 10.8 Å². The monoisotopic (exact) mass is 414 g/mol. The van der Waals surface area contributed by atoms with Crippen LogP contribution in [0.3, 0.4) is 0 Å². The zero-order valence-electron chi connectivity index (χ0n) is 12.6. The smallest absolute Gasteiger partial charge is 0.270 e. The highest BCUT2D eigenvalue weighted by atomic mass is 79.9. The van der Waals surface area contributed by atoms with Gasteiger partial charge in [-0.15, -0.1) is 0 Å². The van der Waals surface area contributed by atoms with Gasteiger partial charge in [0.15, 0.2) is 0 Å². The first kappa shape index (κ1) is 18.0. The van der Waals surface area contributed by atoms with Crippen LogP contribution < -0.4 is 14.8 Å². The minimum Gasteiger partial charge on any atom is -0.495 e. The predicted octanol–water partition coefficient (Wildman–Crippen LogP) is 4.28. The molecule has 2 aromatic carbocycles. The molecule has 0 aliphatic rings. The second kappa shape index (κ2) is 7.50. The van der Waals surface area contributed by atoms with Crippen LogP contribution in [0, 0.1) is 10.1 Å². The molecule has 0 atom stereocenters. The molecule has 7 nitrogen and oxygen atoms in total. The van der Waals surface area contributed by atoms with Crippen LogP contribution in [0.4, 0.5) is 11.4 Å². The summed E-state index contributed by atoms with van der Waals surface area (Å²) in [6.07, 6.45) is 0. The number of methoxy groups -OCH3 is 2. The Hall–Kier alpha value is -2.32. The molecule has 1 N–H and O–H groups in total. The Morgan fingerprint density at radius 1 is 1.21 bits per heavy atom. The minimum atomic E-state index is -0.587. The van der Waals surface area contributed by atoms with Crippen LogP contribution in [0.15, 0.2) is 34.8 Å². The number of nitrogens with one attached hydrogen (secondary N) is 1. The molecule has 1 amide bonds. The van der Waals surface area contributed by atoms with Crippen molar-refractivity contribution in [2.75, 3.05) is 19.5 Å². The molecule has 0 spiro atoms. The number of carbonyl (C=O) groups is 1. The van der Waals surface area contributed by atoms with Gasteiger partial charge in [-0.05, 0) is 22.0 Å². The standard InChI is InChI=1S/C15H12BrClN2O5/c1-23-13-7-12(14(24-2)6-10(13)16)18-15(20)9-4-3-8(19(21)22)5-11(9)17/h3-7H,1-2H3,(H,18,20). The molecule has 0 radical (unpaired) electrons. The summed E-state index contributed by atoms with van der Waals surface area (Å²) in [7, 11) is 2.95. The lowest BCUT2D eigenvalue weighted by molar-refractivity contribution is -0.384. The van der Waals surface area contributed by atoms with E-state index in [1.807, 2.05) is 0 Å². The average molecular weight is 416 g/mol. The summed E-state index contributed by atoms with van der Waals surface area (Å²) < 4.78 is 11.1. The van der Waals surface area contributed by atoms with Gasteiger partial charge in [0.25, 0.3) is 11.6 Å². The van der Waals surface area contributed by atoms with Crippen molar-refractivity contribution in [3.8, 4) is 11.5 Å². The van der Waals surface area contributed by atoms with Gasteiger partial charge in [0.1, 0.15) is 11.5 Å². The van der Waals surface area contributed by atoms with Gasteiger partial charge in [0.05, 0.1) is 39.9 Å². The third kappa shape index (κ3) is 3.77.